The van der Waals surface area contributed by atoms with Crippen LogP contribution in [-0.2, 0) is 15.7 Å². The number of nitrogens with zero attached hydrogens (tertiary/aromatic N) is 1. The van der Waals surface area contributed by atoms with E-state index in [-0.39, 0.29) is 11.0 Å². The molecule has 20 heavy (non-hydrogen) atoms. The molecule has 5 heteroatoms. The van der Waals surface area contributed by atoms with Gasteiger partial charge in [-0.1, -0.05) is 27.7 Å². The van der Waals surface area contributed by atoms with Crippen molar-refractivity contribution in [3.05, 3.63) is 16.1 Å². The maximum atomic E-state index is 5.19. The minimum absolute atomic E-state index is 0.0252. The SMILES string of the molecule is COCCNC1(c2nc(C(C)(C)C)cs2)CCSC1C. The number of rotatable bonds is 5. The lowest BCUT2D eigenvalue weighted by atomic mass is 9.91. The lowest BCUT2D eigenvalue weighted by molar-refractivity contribution is 0.183. The van der Waals surface area contributed by atoms with Gasteiger partial charge >= 0.3 is 0 Å². The molecule has 114 valence electrons. The van der Waals surface area contributed by atoms with Gasteiger partial charge in [0.15, 0.2) is 0 Å². The summed E-state index contributed by atoms with van der Waals surface area (Å²) in [5, 5.41) is 7.76. The van der Waals surface area contributed by atoms with E-state index in [0.717, 1.165) is 19.6 Å². The molecule has 1 aromatic rings. The second kappa shape index (κ2) is 6.34. The topological polar surface area (TPSA) is 34.1 Å². The molecule has 2 atom stereocenters. The molecule has 2 unspecified atom stereocenters. The van der Waals surface area contributed by atoms with Gasteiger partial charge in [-0.2, -0.15) is 11.8 Å². The van der Waals surface area contributed by atoms with E-state index in [2.05, 4.69) is 38.4 Å². The van der Waals surface area contributed by atoms with E-state index >= 15 is 0 Å². The molecule has 1 aliphatic rings. The Labute approximate surface area is 130 Å². The van der Waals surface area contributed by atoms with Gasteiger partial charge in [0.25, 0.3) is 0 Å². The van der Waals surface area contributed by atoms with Gasteiger partial charge in [-0.05, 0) is 12.2 Å². The summed E-state index contributed by atoms with van der Waals surface area (Å²) in [5.41, 5.74) is 1.35. The largest absolute Gasteiger partial charge is 0.383 e. The van der Waals surface area contributed by atoms with Crippen LogP contribution >= 0.6 is 23.1 Å². The monoisotopic (exact) mass is 314 g/mol. The van der Waals surface area contributed by atoms with Gasteiger partial charge in [0.2, 0.25) is 0 Å². The molecule has 3 nitrogen and oxygen atoms in total. The van der Waals surface area contributed by atoms with Crippen molar-refractivity contribution in [3.63, 3.8) is 0 Å². The maximum absolute atomic E-state index is 5.19. The Morgan fingerprint density at radius 1 is 1.50 bits per heavy atom. The highest BCUT2D eigenvalue weighted by atomic mass is 32.2. The maximum Gasteiger partial charge on any atom is 0.114 e. The minimum atomic E-state index is 0.0252. The normalized spacial score (nSPS) is 27.1. The van der Waals surface area contributed by atoms with E-state index < -0.39 is 0 Å². The Bertz CT molecular complexity index is 441. The molecular formula is C15H26N2OS2. The van der Waals surface area contributed by atoms with Gasteiger partial charge in [-0.15, -0.1) is 11.3 Å². The van der Waals surface area contributed by atoms with Crippen molar-refractivity contribution in [1.82, 2.24) is 10.3 Å². The van der Waals surface area contributed by atoms with Gasteiger partial charge in [0.05, 0.1) is 17.8 Å². The Balaban J connectivity index is 2.25. The van der Waals surface area contributed by atoms with Crippen LogP contribution in [0.25, 0.3) is 0 Å². The predicted molar refractivity (Wildman–Crippen MR) is 88.9 cm³/mol. The highest BCUT2D eigenvalue weighted by Crippen LogP contribution is 2.44. The van der Waals surface area contributed by atoms with Crippen LogP contribution in [0.1, 0.15) is 44.8 Å². The lowest BCUT2D eigenvalue weighted by Gasteiger charge is -2.32. The molecule has 1 aliphatic heterocycles. The number of ether oxygens (including phenoxy) is 1. The third-order valence-electron chi connectivity index (χ3n) is 3.96. The minimum Gasteiger partial charge on any atom is -0.383 e. The summed E-state index contributed by atoms with van der Waals surface area (Å²) < 4.78 is 5.19. The Morgan fingerprint density at radius 3 is 2.75 bits per heavy atom. The smallest absolute Gasteiger partial charge is 0.114 e. The molecule has 0 aromatic carbocycles. The van der Waals surface area contributed by atoms with Crippen molar-refractivity contribution in [2.24, 2.45) is 0 Å². The molecule has 1 saturated heterocycles. The fourth-order valence-electron chi connectivity index (χ4n) is 2.53. The third-order valence-corrected chi connectivity index (χ3v) is 6.32. The molecule has 2 heterocycles. The van der Waals surface area contributed by atoms with E-state index in [0.29, 0.717) is 5.25 Å². The predicted octanol–water partition coefficient (Wildman–Crippen LogP) is 3.40. The number of nitrogens with one attached hydrogen (secondary N) is 1. The Morgan fingerprint density at radius 2 is 2.25 bits per heavy atom. The summed E-state index contributed by atoms with van der Waals surface area (Å²) in [6.45, 7) is 10.6. The van der Waals surface area contributed by atoms with Crippen LogP contribution in [0.15, 0.2) is 5.38 Å². The van der Waals surface area contributed by atoms with E-state index in [1.165, 1.54) is 16.5 Å². The van der Waals surface area contributed by atoms with Crippen LogP contribution in [0.5, 0.6) is 0 Å². The van der Waals surface area contributed by atoms with E-state index in [1.54, 1.807) is 18.4 Å². The van der Waals surface area contributed by atoms with Crippen molar-refractivity contribution >= 4 is 23.1 Å². The van der Waals surface area contributed by atoms with Gasteiger partial charge in [0, 0.05) is 29.7 Å². The standard InChI is InChI=1S/C15H26N2OS2/c1-11-15(6-9-19-11,16-7-8-18-5)13-17-12(10-20-13)14(2,3)4/h10-11,16H,6-9H2,1-5H3. The van der Waals surface area contributed by atoms with Crippen LogP contribution in [0.3, 0.4) is 0 Å². The molecule has 0 bridgehead atoms. The van der Waals surface area contributed by atoms with Gasteiger partial charge in [-0.25, -0.2) is 4.98 Å². The first-order valence-corrected chi connectivity index (χ1v) is 9.15. The molecule has 0 saturated carbocycles. The highest BCUT2D eigenvalue weighted by Gasteiger charge is 2.44. The van der Waals surface area contributed by atoms with Crippen LogP contribution in [0.2, 0.25) is 0 Å². The number of hydrogen-bond donors (Lipinski definition) is 1. The summed E-state index contributed by atoms with van der Waals surface area (Å²) in [7, 11) is 1.75. The molecule has 1 fully saturated rings. The number of thioether (sulfide) groups is 1. The quantitative estimate of drug-likeness (QED) is 0.845. The first-order chi connectivity index (χ1) is 9.40. The zero-order chi connectivity index (χ0) is 14.8. The van der Waals surface area contributed by atoms with Crippen LogP contribution < -0.4 is 5.32 Å². The first kappa shape index (κ1) is 16.3. The number of thiazole rings is 1. The van der Waals surface area contributed by atoms with Crippen LogP contribution in [0, 0.1) is 0 Å². The average Bonchev–Trinajstić information content (AvgIpc) is 2.97. The van der Waals surface area contributed by atoms with Crippen molar-refractivity contribution in [2.75, 3.05) is 26.0 Å². The van der Waals surface area contributed by atoms with Crippen molar-refractivity contribution < 1.29 is 4.74 Å². The lowest BCUT2D eigenvalue weighted by Crippen LogP contribution is -2.48. The fraction of sp³-hybridized carbons (Fsp3) is 0.800. The second-order valence-electron chi connectivity index (χ2n) is 6.44. The van der Waals surface area contributed by atoms with Crippen LogP contribution in [0.4, 0.5) is 0 Å². The summed E-state index contributed by atoms with van der Waals surface area (Å²) in [6, 6.07) is 0. The van der Waals surface area contributed by atoms with Crippen molar-refractivity contribution in [2.45, 2.75) is 50.3 Å². The van der Waals surface area contributed by atoms with Gasteiger partial charge in [-0.3, -0.25) is 0 Å². The number of aromatic nitrogens is 1. The summed E-state index contributed by atoms with van der Waals surface area (Å²) in [6.07, 6.45) is 1.15. The fourth-order valence-corrected chi connectivity index (χ4v) is 5.34. The number of hydrogen-bond acceptors (Lipinski definition) is 5. The molecule has 1 aromatic heterocycles. The third kappa shape index (κ3) is 3.21. The average molecular weight is 315 g/mol. The Kier molecular flexibility index (Phi) is 5.16. The zero-order valence-corrected chi connectivity index (χ0v) is 14.8. The molecule has 0 aliphatic carbocycles. The van der Waals surface area contributed by atoms with E-state index in [1.807, 2.05) is 11.8 Å². The molecular weight excluding hydrogens is 288 g/mol. The Hall–Kier alpha value is -0.100. The molecule has 1 N–H and O–H groups in total. The molecule has 2 rings (SSSR count). The van der Waals surface area contributed by atoms with Gasteiger partial charge < -0.3 is 10.1 Å². The summed E-state index contributed by atoms with van der Waals surface area (Å²) in [5.74, 6) is 1.20. The highest BCUT2D eigenvalue weighted by molar-refractivity contribution is 8.00. The van der Waals surface area contributed by atoms with E-state index in [9.17, 15) is 0 Å². The van der Waals surface area contributed by atoms with Crippen molar-refractivity contribution in [1.29, 1.82) is 0 Å². The first-order valence-electron chi connectivity index (χ1n) is 7.22. The second-order valence-corrected chi connectivity index (χ2v) is 8.75. The van der Waals surface area contributed by atoms with Crippen LogP contribution in [-0.4, -0.2) is 36.2 Å². The van der Waals surface area contributed by atoms with E-state index in [4.69, 9.17) is 9.72 Å². The van der Waals surface area contributed by atoms with Gasteiger partial charge in [0.1, 0.15) is 5.01 Å². The molecule has 0 spiro atoms. The van der Waals surface area contributed by atoms with Crippen molar-refractivity contribution in [3.8, 4) is 0 Å². The zero-order valence-electron chi connectivity index (χ0n) is 13.2. The molecule has 0 amide bonds. The molecule has 0 radical (unpaired) electrons. The number of methoxy groups -OCH3 is 1. The summed E-state index contributed by atoms with van der Waals surface area (Å²) in [4.78, 5) is 4.97. The summed E-state index contributed by atoms with van der Waals surface area (Å²) >= 11 is 3.84.